The number of ketones is 2. The van der Waals surface area contributed by atoms with E-state index < -0.39 is 5.92 Å². The quantitative estimate of drug-likeness (QED) is 0.164. The fourth-order valence-electron chi connectivity index (χ4n) is 2.97. The van der Waals surface area contributed by atoms with E-state index in [1.165, 1.54) is 26.4 Å². The molecular weight excluding hydrogens is 472 g/mol. The lowest BCUT2D eigenvalue weighted by Gasteiger charge is -2.11. The van der Waals surface area contributed by atoms with E-state index in [0.717, 1.165) is 11.1 Å². The number of methoxy groups -OCH3 is 2. The molecule has 35 heavy (non-hydrogen) atoms. The fraction of sp³-hybridized carbons (Fsp3) is 0.308. The molecule has 1 atom stereocenters. The Labute approximate surface area is 210 Å². The van der Waals surface area contributed by atoms with Crippen molar-refractivity contribution in [3.63, 3.8) is 0 Å². The molecule has 0 aromatic heterocycles. The van der Waals surface area contributed by atoms with Gasteiger partial charge in [0.1, 0.15) is 13.2 Å². The van der Waals surface area contributed by atoms with Gasteiger partial charge in [-0.25, -0.2) is 4.84 Å². The molecule has 0 radical (unpaired) electrons. The first-order valence-electron chi connectivity index (χ1n) is 11.0. The van der Waals surface area contributed by atoms with Gasteiger partial charge in [0.15, 0.2) is 34.6 Å². The second kappa shape index (κ2) is 14.8. The minimum absolute atomic E-state index is 0.309. The number of nitrogens with two attached hydrogens (primary N) is 1. The Balaban J connectivity index is 2.02. The Morgan fingerprint density at radius 1 is 0.886 bits per heavy atom. The van der Waals surface area contributed by atoms with Gasteiger partial charge in [0.05, 0.1) is 20.1 Å². The summed E-state index contributed by atoms with van der Waals surface area (Å²) in [6, 6.07) is 10.6. The molecule has 0 spiro atoms. The molecule has 0 saturated heterocycles. The third-order valence-electron chi connectivity index (χ3n) is 4.94. The smallest absolute Gasteiger partial charge is 0.166 e. The third kappa shape index (κ3) is 8.75. The molecule has 0 fully saturated rings. The Kier molecular flexibility index (Phi) is 11.8. The highest BCUT2D eigenvalue weighted by atomic mass is 35.5. The third-order valence-corrected chi connectivity index (χ3v) is 5.13. The summed E-state index contributed by atoms with van der Waals surface area (Å²) in [5.74, 6) is 0.736. The average molecular weight is 503 g/mol. The van der Waals surface area contributed by atoms with Crippen LogP contribution >= 0.6 is 11.8 Å². The molecule has 2 aromatic rings. The maximum absolute atomic E-state index is 12.5. The zero-order chi connectivity index (χ0) is 25.6. The Morgan fingerprint density at radius 3 is 1.80 bits per heavy atom. The molecule has 2 aromatic carbocycles. The molecule has 3 N–H and O–H groups in total. The maximum atomic E-state index is 12.5. The van der Waals surface area contributed by atoms with Gasteiger partial charge in [-0.15, -0.1) is 0 Å². The van der Waals surface area contributed by atoms with E-state index in [9.17, 15) is 9.59 Å². The standard InChI is InChI=1S/C26H31ClN2O6/c1-18(21(30)8-4-19-6-10-23(34-14-12-28)25(16-19)32-2)22(31)9-5-20-7-11-24(26(17-20)33-3)35-15-13-29-27/h4-11,16-18,29H,12-15,28H2,1-3H3/b8-4+,9-5+. The Bertz CT molecular complexity index is 1050. The first kappa shape index (κ1) is 27.9. The number of allylic oxidation sites excluding steroid dienone is 2. The number of nitrogens with one attached hydrogen (secondary N) is 1. The van der Waals surface area contributed by atoms with Crippen LogP contribution in [0, 0.1) is 5.92 Å². The van der Waals surface area contributed by atoms with Crippen molar-refractivity contribution in [3.05, 3.63) is 59.7 Å². The van der Waals surface area contributed by atoms with E-state index in [2.05, 4.69) is 4.84 Å². The van der Waals surface area contributed by atoms with Crippen LogP contribution in [0.15, 0.2) is 48.6 Å². The van der Waals surface area contributed by atoms with Gasteiger partial charge in [-0.2, -0.15) is 0 Å². The van der Waals surface area contributed by atoms with E-state index in [1.54, 1.807) is 55.5 Å². The zero-order valence-electron chi connectivity index (χ0n) is 20.1. The molecule has 8 nitrogen and oxygen atoms in total. The molecule has 0 aliphatic carbocycles. The van der Waals surface area contributed by atoms with Crippen molar-refractivity contribution in [1.29, 1.82) is 0 Å². The molecule has 0 heterocycles. The first-order valence-corrected chi connectivity index (χ1v) is 11.4. The van der Waals surface area contributed by atoms with Crippen molar-refractivity contribution in [3.8, 4) is 23.0 Å². The van der Waals surface area contributed by atoms with Crippen LogP contribution in [0.4, 0.5) is 0 Å². The van der Waals surface area contributed by atoms with E-state index >= 15 is 0 Å². The minimum atomic E-state index is -0.830. The highest BCUT2D eigenvalue weighted by Gasteiger charge is 2.17. The number of carbonyl (C=O) groups excluding carboxylic acids is 2. The molecular formula is C26H31ClN2O6. The monoisotopic (exact) mass is 502 g/mol. The normalized spacial score (nSPS) is 12.0. The van der Waals surface area contributed by atoms with Gasteiger partial charge in [0.25, 0.3) is 0 Å². The topological polar surface area (TPSA) is 109 Å². The van der Waals surface area contributed by atoms with E-state index in [1.807, 2.05) is 0 Å². The Morgan fingerprint density at radius 2 is 1.37 bits per heavy atom. The molecule has 0 amide bonds. The fourth-order valence-corrected chi connectivity index (χ4v) is 3.05. The highest BCUT2D eigenvalue weighted by Crippen LogP contribution is 2.29. The summed E-state index contributed by atoms with van der Waals surface area (Å²) in [4.78, 5) is 27.6. The van der Waals surface area contributed by atoms with Crippen molar-refractivity contribution in [2.75, 3.05) is 40.5 Å². The number of hydrogen-bond donors (Lipinski definition) is 2. The summed E-state index contributed by atoms with van der Waals surface area (Å²) in [5.41, 5.74) is 6.93. The van der Waals surface area contributed by atoms with Crippen LogP contribution in [0.3, 0.4) is 0 Å². The summed E-state index contributed by atoms with van der Waals surface area (Å²) in [5, 5.41) is 0. The molecule has 0 aliphatic rings. The molecule has 1 unspecified atom stereocenters. The number of rotatable bonds is 15. The van der Waals surface area contributed by atoms with E-state index in [0.29, 0.717) is 49.3 Å². The van der Waals surface area contributed by atoms with Gasteiger partial charge in [0, 0.05) is 13.1 Å². The average Bonchev–Trinajstić information content (AvgIpc) is 2.89. The molecule has 9 heteroatoms. The van der Waals surface area contributed by atoms with Gasteiger partial charge in [0.2, 0.25) is 0 Å². The number of halogens is 1. The lowest BCUT2D eigenvalue weighted by atomic mass is 9.99. The summed E-state index contributed by atoms with van der Waals surface area (Å²) in [6.07, 6.45) is 6.04. The van der Waals surface area contributed by atoms with Gasteiger partial charge < -0.3 is 24.7 Å². The van der Waals surface area contributed by atoms with Crippen molar-refractivity contribution in [2.45, 2.75) is 6.92 Å². The summed E-state index contributed by atoms with van der Waals surface area (Å²) in [7, 11) is 3.07. The maximum Gasteiger partial charge on any atom is 0.166 e. The van der Waals surface area contributed by atoms with Crippen molar-refractivity contribution in [1.82, 2.24) is 4.84 Å². The van der Waals surface area contributed by atoms with Crippen LogP contribution in [0.1, 0.15) is 18.1 Å². The van der Waals surface area contributed by atoms with Gasteiger partial charge in [-0.05, 0) is 66.2 Å². The zero-order valence-corrected chi connectivity index (χ0v) is 20.8. The van der Waals surface area contributed by atoms with Crippen LogP contribution in [-0.2, 0) is 9.59 Å². The highest BCUT2D eigenvalue weighted by molar-refractivity contribution is 6.13. The second-order valence-electron chi connectivity index (χ2n) is 7.38. The van der Waals surface area contributed by atoms with Crippen molar-refractivity contribution < 1.29 is 28.5 Å². The van der Waals surface area contributed by atoms with Crippen molar-refractivity contribution in [2.24, 2.45) is 11.7 Å². The summed E-state index contributed by atoms with van der Waals surface area (Å²) < 4.78 is 21.8. The minimum Gasteiger partial charge on any atom is -0.493 e. The second-order valence-corrected chi connectivity index (χ2v) is 7.65. The van der Waals surface area contributed by atoms with E-state index in [-0.39, 0.29) is 11.6 Å². The summed E-state index contributed by atoms with van der Waals surface area (Å²) >= 11 is 5.43. The van der Waals surface area contributed by atoms with Gasteiger partial charge >= 0.3 is 0 Å². The van der Waals surface area contributed by atoms with Crippen LogP contribution in [-0.4, -0.2) is 52.1 Å². The molecule has 2 rings (SSSR count). The molecule has 188 valence electrons. The van der Waals surface area contributed by atoms with Crippen LogP contribution in [0.5, 0.6) is 23.0 Å². The first-order chi connectivity index (χ1) is 16.9. The van der Waals surface area contributed by atoms with Crippen LogP contribution in [0.25, 0.3) is 12.2 Å². The number of carbonyl (C=O) groups is 2. The molecule has 0 saturated carbocycles. The SMILES string of the molecule is COc1cc(/C=C/C(=O)C(C)C(=O)/C=C/c2ccc(OCCNCl)c(OC)c2)ccc1OCCN. The number of ether oxygens (including phenoxy) is 4. The summed E-state index contributed by atoms with van der Waals surface area (Å²) in [6.45, 7) is 3.18. The predicted octanol–water partition coefficient (Wildman–Crippen LogP) is 3.66. The predicted molar refractivity (Wildman–Crippen MR) is 137 cm³/mol. The van der Waals surface area contributed by atoms with Gasteiger partial charge in [-0.1, -0.05) is 24.3 Å². The van der Waals surface area contributed by atoms with Gasteiger partial charge in [-0.3, -0.25) is 9.59 Å². The lowest BCUT2D eigenvalue weighted by molar-refractivity contribution is -0.126. The van der Waals surface area contributed by atoms with Crippen LogP contribution < -0.4 is 29.5 Å². The number of hydrogen-bond acceptors (Lipinski definition) is 8. The molecule has 0 aliphatic heterocycles. The largest absolute Gasteiger partial charge is 0.493 e. The number of benzene rings is 2. The Hall–Kier alpha value is -3.33. The van der Waals surface area contributed by atoms with E-state index in [4.69, 9.17) is 36.5 Å². The van der Waals surface area contributed by atoms with Crippen molar-refractivity contribution >= 4 is 35.5 Å². The molecule has 0 bridgehead atoms. The lowest BCUT2D eigenvalue weighted by Crippen LogP contribution is -2.17. The van der Waals surface area contributed by atoms with Crippen LogP contribution in [0.2, 0.25) is 0 Å².